The van der Waals surface area contributed by atoms with E-state index in [1.807, 2.05) is 38.2 Å². The molecule has 1 amide bonds. The van der Waals surface area contributed by atoms with Crippen LogP contribution in [0.1, 0.15) is 17.3 Å². The van der Waals surface area contributed by atoms with E-state index in [0.717, 1.165) is 11.4 Å². The van der Waals surface area contributed by atoms with Crippen molar-refractivity contribution < 1.29 is 4.79 Å². The van der Waals surface area contributed by atoms with Crippen LogP contribution in [0.4, 0.5) is 11.4 Å². The van der Waals surface area contributed by atoms with Crippen molar-refractivity contribution in [2.24, 2.45) is 0 Å². The number of hydrogen-bond donors (Lipinski definition) is 2. The molecule has 0 aliphatic heterocycles. The first kappa shape index (κ1) is 14.7. The van der Waals surface area contributed by atoms with Crippen LogP contribution in [0.25, 0.3) is 0 Å². The predicted molar refractivity (Wildman–Crippen MR) is 80.5 cm³/mol. The van der Waals surface area contributed by atoms with Crippen LogP contribution in [-0.4, -0.2) is 38.1 Å². The quantitative estimate of drug-likeness (QED) is 0.799. The Balaban J connectivity index is 2.78. The number of nitrogens with zero attached hydrogens (tertiary/aromatic N) is 1. The van der Waals surface area contributed by atoms with Gasteiger partial charge in [-0.25, -0.2) is 0 Å². The minimum Gasteiger partial charge on any atom is -0.397 e. The average Bonchev–Trinajstić information content (AvgIpc) is 2.28. The Morgan fingerprint density at radius 3 is 2.67 bits per heavy atom. The minimum atomic E-state index is -0.0754. The molecule has 1 unspecified atom stereocenters. The maximum Gasteiger partial charge on any atom is 0.251 e. The third-order valence-electron chi connectivity index (χ3n) is 2.57. The third kappa shape index (κ3) is 3.84. The molecule has 0 saturated heterocycles. The summed E-state index contributed by atoms with van der Waals surface area (Å²) in [6.45, 7) is 1.99. The number of amides is 1. The smallest absolute Gasteiger partial charge is 0.251 e. The van der Waals surface area contributed by atoms with Crippen LogP contribution >= 0.6 is 11.8 Å². The Morgan fingerprint density at radius 2 is 2.17 bits per heavy atom. The second-order valence-corrected chi connectivity index (χ2v) is 5.41. The molecule has 5 heteroatoms. The molecule has 1 rings (SSSR count). The van der Waals surface area contributed by atoms with Crippen molar-refractivity contribution >= 4 is 29.0 Å². The van der Waals surface area contributed by atoms with Gasteiger partial charge in [-0.2, -0.15) is 11.8 Å². The fourth-order valence-electron chi connectivity index (χ4n) is 1.70. The van der Waals surface area contributed by atoms with Gasteiger partial charge in [0, 0.05) is 31.5 Å². The Hall–Kier alpha value is -1.36. The first-order valence-electron chi connectivity index (χ1n) is 5.82. The Kier molecular flexibility index (Phi) is 5.34. The van der Waals surface area contributed by atoms with Crippen LogP contribution in [0.2, 0.25) is 0 Å². The fourth-order valence-corrected chi connectivity index (χ4v) is 2.29. The standard InChI is InChI=1S/C13H21N3OS/c1-9(8-18-4)15-13(17)10-5-6-12(16(2)3)11(14)7-10/h5-7,9H,8,14H2,1-4H3,(H,15,17). The number of anilines is 2. The monoisotopic (exact) mass is 267 g/mol. The van der Waals surface area contributed by atoms with Gasteiger partial charge < -0.3 is 16.0 Å². The molecule has 0 heterocycles. The Morgan fingerprint density at radius 1 is 1.50 bits per heavy atom. The van der Waals surface area contributed by atoms with Crippen LogP contribution in [0.5, 0.6) is 0 Å². The molecule has 3 N–H and O–H groups in total. The minimum absolute atomic E-state index is 0.0754. The molecule has 1 aromatic rings. The Bertz CT molecular complexity index is 421. The van der Waals surface area contributed by atoms with Gasteiger partial charge in [0.2, 0.25) is 0 Å². The van der Waals surface area contributed by atoms with Crippen molar-refractivity contribution in [1.82, 2.24) is 5.32 Å². The molecule has 0 saturated carbocycles. The molecular weight excluding hydrogens is 246 g/mol. The van der Waals surface area contributed by atoms with Crippen molar-refractivity contribution in [3.8, 4) is 0 Å². The molecule has 4 nitrogen and oxygen atoms in total. The van der Waals surface area contributed by atoms with Gasteiger partial charge in [0.25, 0.3) is 5.91 Å². The van der Waals surface area contributed by atoms with E-state index in [0.29, 0.717) is 11.3 Å². The SMILES string of the molecule is CSCC(C)NC(=O)c1ccc(N(C)C)c(N)c1. The second kappa shape index (κ2) is 6.54. The lowest BCUT2D eigenvalue weighted by molar-refractivity contribution is 0.0944. The van der Waals surface area contributed by atoms with Gasteiger partial charge in [-0.15, -0.1) is 0 Å². The summed E-state index contributed by atoms with van der Waals surface area (Å²) in [5, 5.41) is 2.94. The summed E-state index contributed by atoms with van der Waals surface area (Å²) in [4.78, 5) is 13.9. The lowest BCUT2D eigenvalue weighted by Gasteiger charge is -2.17. The van der Waals surface area contributed by atoms with Crippen LogP contribution in [-0.2, 0) is 0 Å². The topological polar surface area (TPSA) is 58.4 Å². The van der Waals surface area contributed by atoms with Crippen molar-refractivity contribution in [2.45, 2.75) is 13.0 Å². The van der Waals surface area contributed by atoms with E-state index in [2.05, 4.69) is 5.32 Å². The highest BCUT2D eigenvalue weighted by atomic mass is 32.2. The van der Waals surface area contributed by atoms with Crippen LogP contribution < -0.4 is 16.0 Å². The van der Waals surface area contributed by atoms with Gasteiger partial charge in [-0.1, -0.05) is 0 Å². The average molecular weight is 267 g/mol. The number of rotatable bonds is 5. The number of benzene rings is 1. The predicted octanol–water partition coefficient (Wildman–Crippen LogP) is 1.82. The summed E-state index contributed by atoms with van der Waals surface area (Å²) >= 11 is 1.71. The molecule has 0 spiro atoms. The zero-order valence-electron chi connectivity index (χ0n) is 11.4. The number of hydrogen-bond acceptors (Lipinski definition) is 4. The normalized spacial score (nSPS) is 12.0. The maximum atomic E-state index is 12.0. The summed E-state index contributed by atoms with van der Waals surface area (Å²) in [5.41, 5.74) is 8.06. The van der Waals surface area contributed by atoms with Crippen LogP contribution in [0, 0.1) is 0 Å². The second-order valence-electron chi connectivity index (χ2n) is 4.50. The molecule has 1 atom stereocenters. The largest absolute Gasteiger partial charge is 0.397 e. The van der Waals surface area contributed by atoms with Gasteiger partial charge in [-0.05, 0) is 31.4 Å². The molecular formula is C13H21N3OS. The summed E-state index contributed by atoms with van der Waals surface area (Å²) < 4.78 is 0. The number of nitrogen functional groups attached to an aromatic ring is 1. The van der Waals surface area contributed by atoms with E-state index >= 15 is 0 Å². The van der Waals surface area contributed by atoms with E-state index in [-0.39, 0.29) is 11.9 Å². The molecule has 1 aromatic carbocycles. The van der Waals surface area contributed by atoms with E-state index in [1.165, 1.54) is 0 Å². The molecule has 0 fully saturated rings. The molecule has 0 aliphatic carbocycles. The van der Waals surface area contributed by atoms with E-state index in [4.69, 9.17) is 5.73 Å². The van der Waals surface area contributed by atoms with Crippen molar-refractivity contribution in [2.75, 3.05) is 36.7 Å². The summed E-state index contributed by atoms with van der Waals surface area (Å²) in [6, 6.07) is 5.54. The van der Waals surface area contributed by atoms with Crippen molar-refractivity contribution in [1.29, 1.82) is 0 Å². The van der Waals surface area contributed by atoms with E-state index in [9.17, 15) is 4.79 Å². The summed E-state index contributed by atoms with van der Waals surface area (Å²) in [6.07, 6.45) is 2.02. The van der Waals surface area contributed by atoms with Crippen LogP contribution in [0.15, 0.2) is 18.2 Å². The molecule has 0 aliphatic rings. The highest BCUT2D eigenvalue weighted by Crippen LogP contribution is 2.22. The molecule has 100 valence electrons. The zero-order chi connectivity index (χ0) is 13.7. The zero-order valence-corrected chi connectivity index (χ0v) is 12.2. The maximum absolute atomic E-state index is 12.0. The van der Waals surface area contributed by atoms with E-state index in [1.54, 1.807) is 23.9 Å². The third-order valence-corrected chi connectivity index (χ3v) is 3.40. The molecule has 0 bridgehead atoms. The molecule has 0 radical (unpaired) electrons. The van der Waals surface area contributed by atoms with Gasteiger partial charge >= 0.3 is 0 Å². The Labute approximate surface area is 113 Å². The van der Waals surface area contributed by atoms with Crippen LogP contribution in [0.3, 0.4) is 0 Å². The highest BCUT2D eigenvalue weighted by molar-refractivity contribution is 7.98. The van der Waals surface area contributed by atoms with Gasteiger partial charge in [0.05, 0.1) is 11.4 Å². The number of carbonyl (C=O) groups excluding carboxylic acids is 1. The van der Waals surface area contributed by atoms with Crippen molar-refractivity contribution in [3.63, 3.8) is 0 Å². The lowest BCUT2D eigenvalue weighted by atomic mass is 10.1. The van der Waals surface area contributed by atoms with E-state index < -0.39 is 0 Å². The van der Waals surface area contributed by atoms with Gasteiger partial charge in [0.1, 0.15) is 0 Å². The van der Waals surface area contributed by atoms with Crippen molar-refractivity contribution in [3.05, 3.63) is 23.8 Å². The fraction of sp³-hybridized carbons (Fsp3) is 0.462. The molecule has 18 heavy (non-hydrogen) atoms. The number of nitrogens with one attached hydrogen (secondary N) is 1. The summed E-state index contributed by atoms with van der Waals surface area (Å²) in [7, 11) is 3.85. The lowest BCUT2D eigenvalue weighted by Crippen LogP contribution is -2.34. The first-order valence-corrected chi connectivity index (χ1v) is 7.21. The van der Waals surface area contributed by atoms with Gasteiger partial charge in [0.15, 0.2) is 0 Å². The molecule has 0 aromatic heterocycles. The highest BCUT2D eigenvalue weighted by Gasteiger charge is 2.11. The van der Waals surface area contributed by atoms with Gasteiger partial charge in [-0.3, -0.25) is 4.79 Å². The summed E-state index contributed by atoms with van der Waals surface area (Å²) in [5.74, 6) is 0.824. The first-order chi connectivity index (χ1) is 8.45. The number of nitrogens with two attached hydrogens (primary N) is 1. The number of thioether (sulfide) groups is 1. The number of carbonyl (C=O) groups is 1.